The van der Waals surface area contributed by atoms with Crippen LogP contribution in [0.1, 0.15) is 62.1 Å². The van der Waals surface area contributed by atoms with E-state index in [1.807, 2.05) is 11.8 Å². The first-order chi connectivity index (χ1) is 11.7. The summed E-state index contributed by atoms with van der Waals surface area (Å²) in [6.45, 7) is 4.28. The van der Waals surface area contributed by atoms with Crippen molar-refractivity contribution < 1.29 is 9.59 Å². The number of thiazole rings is 1. The Bertz CT molecular complexity index is 583. The van der Waals surface area contributed by atoms with Crippen LogP contribution < -0.4 is 5.32 Å². The summed E-state index contributed by atoms with van der Waals surface area (Å²) in [5.74, 6) is 1.07. The topological polar surface area (TPSA) is 62.3 Å². The second kappa shape index (κ2) is 8.10. The Balaban J connectivity index is 1.47. The number of carbonyl (C=O) groups excluding carboxylic acids is 2. The van der Waals surface area contributed by atoms with Crippen molar-refractivity contribution in [2.75, 3.05) is 19.6 Å². The van der Waals surface area contributed by atoms with Crippen molar-refractivity contribution in [3.63, 3.8) is 0 Å². The van der Waals surface area contributed by atoms with Gasteiger partial charge in [0, 0.05) is 49.7 Å². The van der Waals surface area contributed by atoms with Crippen molar-refractivity contribution in [2.24, 2.45) is 5.92 Å². The highest BCUT2D eigenvalue weighted by molar-refractivity contribution is 7.09. The molecule has 1 saturated carbocycles. The van der Waals surface area contributed by atoms with Gasteiger partial charge >= 0.3 is 0 Å². The summed E-state index contributed by atoms with van der Waals surface area (Å²) in [5, 5.41) is 6.27. The Morgan fingerprint density at radius 3 is 2.88 bits per heavy atom. The van der Waals surface area contributed by atoms with Crippen molar-refractivity contribution in [1.82, 2.24) is 15.2 Å². The predicted molar refractivity (Wildman–Crippen MR) is 95.0 cm³/mol. The van der Waals surface area contributed by atoms with Gasteiger partial charge in [0.05, 0.1) is 10.7 Å². The molecule has 1 aliphatic carbocycles. The molecule has 0 bridgehead atoms. The molecule has 2 heterocycles. The van der Waals surface area contributed by atoms with Crippen molar-refractivity contribution in [2.45, 2.75) is 57.8 Å². The summed E-state index contributed by atoms with van der Waals surface area (Å²) in [6, 6.07) is 0. The van der Waals surface area contributed by atoms with Crippen LogP contribution in [-0.2, 0) is 16.0 Å². The number of piperidine rings is 1. The molecule has 1 aromatic rings. The van der Waals surface area contributed by atoms with E-state index in [4.69, 9.17) is 4.98 Å². The lowest BCUT2D eigenvalue weighted by Gasteiger charge is -2.31. The average Bonchev–Trinajstić information content (AvgIpc) is 3.01. The van der Waals surface area contributed by atoms with E-state index in [0.29, 0.717) is 18.9 Å². The van der Waals surface area contributed by atoms with Crippen LogP contribution in [0.25, 0.3) is 0 Å². The van der Waals surface area contributed by atoms with Crippen LogP contribution in [0, 0.1) is 5.92 Å². The predicted octanol–water partition coefficient (Wildman–Crippen LogP) is 2.72. The lowest BCUT2D eigenvalue weighted by molar-refractivity contribution is -0.132. The molecule has 132 valence electrons. The molecule has 0 aromatic carbocycles. The summed E-state index contributed by atoms with van der Waals surface area (Å²) in [4.78, 5) is 30.5. The maximum atomic E-state index is 11.9. The highest BCUT2D eigenvalue weighted by Crippen LogP contribution is 2.30. The third-order valence-corrected chi connectivity index (χ3v) is 6.21. The third kappa shape index (κ3) is 4.15. The monoisotopic (exact) mass is 349 g/mol. The first kappa shape index (κ1) is 17.4. The van der Waals surface area contributed by atoms with Gasteiger partial charge in [-0.3, -0.25) is 9.59 Å². The van der Waals surface area contributed by atoms with Crippen LogP contribution in [0.4, 0.5) is 0 Å². The zero-order valence-electron chi connectivity index (χ0n) is 14.4. The van der Waals surface area contributed by atoms with Gasteiger partial charge < -0.3 is 10.2 Å². The van der Waals surface area contributed by atoms with E-state index in [2.05, 4.69) is 10.7 Å². The lowest BCUT2D eigenvalue weighted by Crippen LogP contribution is -2.38. The molecule has 2 fully saturated rings. The second-order valence-corrected chi connectivity index (χ2v) is 7.77. The average molecular weight is 350 g/mol. The van der Waals surface area contributed by atoms with E-state index >= 15 is 0 Å². The van der Waals surface area contributed by atoms with Crippen LogP contribution in [0.2, 0.25) is 0 Å². The largest absolute Gasteiger partial charge is 0.355 e. The molecule has 1 aliphatic heterocycles. The minimum Gasteiger partial charge on any atom is -0.355 e. The summed E-state index contributed by atoms with van der Waals surface area (Å²) in [5.41, 5.74) is 1.06. The fraction of sp³-hybridized carbons (Fsp3) is 0.722. The van der Waals surface area contributed by atoms with Gasteiger partial charge in [0.15, 0.2) is 0 Å². The number of likely N-dealkylation sites (tertiary alicyclic amines) is 1. The number of rotatable bonds is 6. The maximum Gasteiger partial charge on any atom is 0.223 e. The first-order valence-corrected chi connectivity index (χ1v) is 10.0. The van der Waals surface area contributed by atoms with Gasteiger partial charge in [0.1, 0.15) is 0 Å². The molecule has 0 spiro atoms. The molecule has 6 heteroatoms. The maximum absolute atomic E-state index is 11.9. The van der Waals surface area contributed by atoms with E-state index in [-0.39, 0.29) is 17.7 Å². The summed E-state index contributed by atoms with van der Waals surface area (Å²) < 4.78 is 0. The smallest absolute Gasteiger partial charge is 0.223 e. The lowest BCUT2D eigenvalue weighted by atomic mass is 9.85. The fourth-order valence-electron chi connectivity index (χ4n) is 3.38. The molecule has 3 rings (SSSR count). The molecule has 1 atom stereocenters. The molecule has 2 amide bonds. The van der Waals surface area contributed by atoms with Gasteiger partial charge in [0.25, 0.3) is 0 Å². The normalized spacial score (nSPS) is 21.4. The van der Waals surface area contributed by atoms with E-state index in [1.54, 1.807) is 11.3 Å². The minimum absolute atomic E-state index is 0.206. The number of aromatic nitrogens is 1. The number of nitrogens with one attached hydrogen (secondary N) is 1. The van der Waals surface area contributed by atoms with Crippen molar-refractivity contribution in [3.8, 4) is 0 Å². The molecule has 2 aliphatic rings. The van der Waals surface area contributed by atoms with E-state index < -0.39 is 0 Å². The van der Waals surface area contributed by atoms with Gasteiger partial charge in [0.2, 0.25) is 11.8 Å². The molecule has 1 saturated heterocycles. The van der Waals surface area contributed by atoms with E-state index in [1.165, 1.54) is 6.42 Å². The summed E-state index contributed by atoms with van der Waals surface area (Å²) in [7, 11) is 0. The molecule has 1 aromatic heterocycles. The van der Waals surface area contributed by atoms with Crippen molar-refractivity contribution in [1.29, 1.82) is 0 Å². The fourth-order valence-corrected chi connectivity index (χ4v) is 4.36. The third-order valence-electron chi connectivity index (χ3n) is 5.15. The molecular formula is C18H27N3O2S. The number of hydrogen-bond donors (Lipinski definition) is 1. The zero-order valence-corrected chi connectivity index (χ0v) is 15.2. The highest BCUT2D eigenvalue weighted by Gasteiger charge is 2.26. The first-order valence-electron chi connectivity index (χ1n) is 9.17. The van der Waals surface area contributed by atoms with Gasteiger partial charge in [-0.2, -0.15) is 0 Å². The number of carbonyl (C=O) groups is 2. The zero-order chi connectivity index (χ0) is 16.9. The summed E-state index contributed by atoms with van der Waals surface area (Å²) >= 11 is 1.70. The van der Waals surface area contributed by atoms with Crippen LogP contribution in [0.3, 0.4) is 0 Å². The van der Waals surface area contributed by atoms with Gasteiger partial charge in [-0.25, -0.2) is 4.98 Å². The van der Waals surface area contributed by atoms with Crippen LogP contribution in [0.5, 0.6) is 0 Å². The van der Waals surface area contributed by atoms with Gasteiger partial charge in [-0.1, -0.05) is 13.3 Å². The standard InChI is InChI=1S/C18H27N3O2S/c1-2-16(22)21-10-4-7-14(11-21)18-20-15(12-24-18)8-9-19-17(23)13-5-3-6-13/h12-14H,2-11H2,1H3,(H,19,23)/t14-/m0/s1. The Morgan fingerprint density at radius 1 is 1.33 bits per heavy atom. The number of nitrogens with zero attached hydrogens (tertiary/aromatic N) is 2. The number of amides is 2. The highest BCUT2D eigenvalue weighted by atomic mass is 32.1. The Kier molecular flexibility index (Phi) is 5.87. The Labute approximate surface area is 147 Å². The van der Waals surface area contributed by atoms with E-state index in [0.717, 1.165) is 55.9 Å². The molecule has 24 heavy (non-hydrogen) atoms. The molecule has 0 unspecified atom stereocenters. The molecular weight excluding hydrogens is 322 g/mol. The summed E-state index contributed by atoms with van der Waals surface area (Å²) in [6.07, 6.45) is 6.81. The SMILES string of the molecule is CCC(=O)N1CCC[C@H](c2nc(CCNC(=O)C3CCC3)cs2)C1. The Morgan fingerprint density at radius 2 is 2.17 bits per heavy atom. The number of hydrogen-bond acceptors (Lipinski definition) is 4. The van der Waals surface area contributed by atoms with Crippen LogP contribution >= 0.6 is 11.3 Å². The van der Waals surface area contributed by atoms with Gasteiger partial charge in [-0.05, 0) is 25.7 Å². The van der Waals surface area contributed by atoms with Crippen LogP contribution in [0.15, 0.2) is 5.38 Å². The van der Waals surface area contributed by atoms with Crippen molar-refractivity contribution >= 4 is 23.2 Å². The van der Waals surface area contributed by atoms with Crippen molar-refractivity contribution in [3.05, 3.63) is 16.1 Å². The molecule has 0 radical (unpaired) electrons. The van der Waals surface area contributed by atoms with Gasteiger partial charge in [-0.15, -0.1) is 11.3 Å². The van der Waals surface area contributed by atoms with Crippen LogP contribution in [-0.4, -0.2) is 41.3 Å². The molecule has 1 N–H and O–H groups in total. The molecule has 5 nitrogen and oxygen atoms in total. The second-order valence-electron chi connectivity index (χ2n) is 6.88. The van der Waals surface area contributed by atoms with E-state index in [9.17, 15) is 9.59 Å². The Hall–Kier alpha value is -1.43. The minimum atomic E-state index is 0.206. The quantitative estimate of drug-likeness (QED) is 0.859.